The van der Waals surface area contributed by atoms with Crippen LogP contribution in [0.15, 0.2) is 0 Å². The minimum atomic E-state index is -5.03. The van der Waals surface area contributed by atoms with Crippen molar-refractivity contribution in [3.05, 3.63) is 0 Å². The molecule has 1 aliphatic heterocycles. The molecular formula is C27H52O12S. The number of aliphatic hydroxyl groups is 3. The van der Waals surface area contributed by atoms with Crippen LogP contribution in [0.25, 0.3) is 0 Å². The molecule has 1 aliphatic rings. The lowest BCUT2D eigenvalue weighted by atomic mass is 9.99. The van der Waals surface area contributed by atoms with Crippen LogP contribution in [-0.2, 0) is 38.3 Å². The number of carbonyl (C=O) groups excluding carboxylic acids is 1. The lowest BCUT2D eigenvalue weighted by molar-refractivity contribution is -0.301. The van der Waals surface area contributed by atoms with E-state index in [2.05, 4.69) is 11.1 Å². The highest BCUT2D eigenvalue weighted by Gasteiger charge is 2.47. The fourth-order valence-corrected chi connectivity index (χ4v) is 5.12. The Labute approximate surface area is 239 Å². The molecule has 1 saturated heterocycles. The van der Waals surface area contributed by atoms with E-state index in [1.54, 1.807) is 0 Å². The van der Waals surface area contributed by atoms with Crippen LogP contribution in [0.1, 0.15) is 104 Å². The minimum Gasteiger partial charge on any atom is -0.458 e. The highest BCUT2D eigenvalue weighted by Crippen LogP contribution is 2.25. The SMILES string of the molecule is CCCCCCCCCCCCCCCCOCC(COC1OC(CO)C(O)C(OS(=O)(=O)O)C1O)OC(C)=O. The average molecular weight is 601 g/mol. The van der Waals surface area contributed by atoms with Crippen LogP contribution in [0, 0.1) is 0 Å². The highest BCUT2D eigenvalue weighted by atomic mass is 32.3. The van der Waals surface area contributed by atoms with Gasteiger partial charge in [0.2, 0.25) is 0 Å². The number of carbonyl (C=O) groups is 1. The van der Waals surface area contributed by atoms with Gasteiger partial charge in [-0.25, -0.2) is 4.18 Å². The van der Waals surface area contributed by atoms with E-state index < -0.39 is 59.8 Å². The van der Waals surface area contributed by atoms with Crippen molar-refractivity contribution in [1.29, 1.82) is 0 Å². The lowest BCUT2D eigenvalue weighted by Gasteiger charge is -2.41. The van der Waals surface area contributed by atoms with Gasteiger partial charge in [-0.2, -0.15) is 8.42 Å². The molecule has 13 heteroatoms. The summed E-state index contributed by atoms with van der Waals surface area (Å²) in [5.41, 5.74) is 0. The van der Waals surface area contributed by atoms with E-state index in [1.165, 1.54) is 77.6 Å². The quantitative estimate of drug-likeness (QED) is 0.0724. The average Bonchev–Trinajstić information content (AvgIpc) is 2.89. The van der Waals surface area contributed by atoms with Crippen molar-refractivity contribution >= 4 is 16.4 Å². The Morgan fingerprint density at radius 1 is 0.850 bits per heavy atom. The predicted molar refractivity (Wildman–Crippen MR) is 147 cm³/mol. The summed E-state index contributed by atoms with van der Waals surface area (Å²) in [4.78, 5) is 11.5. The van der Waals surface area contributed by atoms with E-state index in [0.717, 1.165) is 19.3 Å². The van der Waals surface area contributed by atoms with E-state index >= 15 is 0 Å². The fraction of sp³-hybridized carbons (Fsp3) is 0.963. The lowest BCUT2D eigenvalue weighted by Crippen LogP contribution is -2.60. The van der Waals surface area contributed by atoms with Gasteiger partial charge in [0.1, 0.15) is 30.5 Å². The number of unbranched alkanes of at least 4 members (excludes halogenated alkanes) is 13. The zero-order valence-corrected chi connectivity index (χ0v) is 25.0. The summed E-state index contributed by atoms with van der Waals surface area (Å²) >= 11 is 0. The summed E-state index contributed by atoms with van der Waals surface area (Å²) in [6.07, 6.45) is 8.32. The Morgan fingerprint density at radius 3 is 1.85 bits per heavy atom. The number of aliphatic hydroxyl groups excluding tert-OH is 3. The highest BCUT2D eigenvalue weighted by molar-refractivity contribution is 7.80. The molecule has 0 amide bonds. The summed E-state index contributed by atoms with van der Waals surface area (Å²) in [6, 6.07) is 0. The largest absolute Gasteiger partial charge is 0.458 e. The molecule has 1 heterocycles. The third kappa shape index (κ3) is 17.1. The predicted octanol–water partition coefficient (Wildman–Crippen LogP) is 3.06. The molecule has 0 bridgehead atoms. The minimum absolute atomic E-state index is 0.0256. The Morgan fingerprint density at radius 2 is 1.38 bits per heavy atom. The number of rotatable bonds is 24. The molecule has 1 fully saturated rings. The van der Waals surface area contributed by atoms with Crippen molar-refractivity contribution in [2.24, 2.45) is 0 Å². The van der Waals surface area contributed by atoms with Crippen LogP contribution in [0.3, 0.4) is 0 Å². The van der Waals surface area contributed by atoms with Crippen LogP contribution < -0.4 is 0 Å². The van der Waals surface area contributed by atoms with Gasteiger partial charge in [-0.05, 0) is 6.42 Å². The topological polar surface area (TPSA) is 178 Å². The van der Waals surface area contributed by atoms with Gasteiger partial charge < -0.3 is 34.3 Å². The van der Waals surface area contributed by atoms with E-state index in [4.69, 9.17) is 23.5 Å². The molecular weight excluding hydrogens is 548 g/mol. The zero-order valence-electron chi connectivity index (χ0n) is 24.2. The van der Waals surface area contributed by atoms with Gasteiger partial charge in [0.15, 0.2) is 6.29 Å². The first-order valence-corrected chi connectivity index (χ1v) is 16.1. The Bertz CT molecular complexity index is 750. The van der Waals surface area contributed by atoms with Gasteiger partial charge in [0.05, 0.1) is 19.8 Å². The van der Waals surface area contributed by atoms with Gasteiger partial charge in [-0.1, -0.05) is 90.4 Å². The van der Waals surface area contributed by atoms with Crippen LogP contribution in [0.5, 0.6) is 0 Å². The molecule has 1 rings (SSSR count). The monoisotopic (exact) mass is 600 g/mol. The first kappa shape index (κ1) is 37.1. The van der Waals surface area contributed by atoms with Crippen molar-refractivity contribution in [3.8, 4) is 0 Å². The summed E-state index contributed by atoms with van der Waals surface area (Å²) in [7, 11) is -5.03. The molecule has 0 aromatic carbocycles. The second-order valence-corrected chi connectivity index (χ2v) is 11.5. The first-order valence-electron chi connectivity index (χ1n) is 14.7. The van der Waals surface area contributed by atoms with Crippen molar-refractivity contribution < 1.29 is 56.2 Å². The second-order valence-electron chi connectivity index (χ2n) is 10.4. The molecule has 0 radical (unpaired) electrons. The number of hydrogen-bond donors (Lipinski definition) is 4. The normalized spacial score (nSPS) is 24.2. The summed E-state index contributed by atoms with van der Waals surface area (Å²) in [5, 5.41) is 29.9. The molecule has 6 atom stereocenters. The van der Waals surface area contributed by atoms with Gasteiger partial charge in [-0.15, -0.1) is 0 Å². The number of ether oxygens (including phenoxy) is 4. The molecule has 4 N–H and O–H groups in total. The van der Waals surface area contributed by atoms with Crippen LogP contribution in [0.4, 0.5) is 0 Å². The fourth-order valence-electron chi connectivity index (χ4n) is 4.61. The maximum atomic E-state index is 11.5. The molecule has 40 heavy (non-hydrogen) atoms. The molecule has 6 unspecified atom stereocenters. The van der Waals surface area contributed by atoms with Crippen molar-refractivity contribution in [1.82, 2.24) is 0 Å². The molecule has 0 aromatic heterocycles. The van der Waals surface area contributed by atoms with E-state index in [1.807, 2.05) is 0 Å². The zero-order chi connectivity index (χ0) is 29.8. The Kier molecular flexibility index (Phi) is 20.2. The van der Waals surface area contributed by atoms with Crippen LogP contribution in [-0.4, -0.2) is 97.5 Å². The van der Waals surface area contributed by atoms with Gasteiger partial charge in [0.25, 0.3) is 0 Å². The maximum Gasteiger partial charge on any atom is 0.397 e. The molecule has 0 aliphatic carbocycles. The van der Waals surface area contributed by atoms with Crippen molar-refractivity contribution in [3.63, 3.8) is 0 Å². The first-order chi connectivity index (χ1) is 19.1. The molecule has 238 valence electrons. The number of hydrogen-bond acceptors (Lipinski definition) is 11. The molecule has 0 aromatic rings. The molecule has 12 nitrogen and oxygen atoms in total. The smallest absolute Gasteiger partial charge is 0.397 e. The Balaban J connectivity index is 2.26. The summed E-state index contributed by atoms with van der Waals surface area (Å²) in [5.74, 6) is -0.574. The van der Waals surface area contributed by atoms with Crippen molar-refractivity contribution in [2.75, 3.05) is 26.4 Å². The van der Waals surface area contributed by atoms with Gasteiger partial charge in [0, 0.05) is 13.5 Å². The van der Waals surface area contributed by atoms with Crippen LogP contribution in [0.2, 0.25) is 0 Å². The van der Waals surface area contributed by atoms with E-state index in [9.17, 15) is 28.5 Å². The van der Waals surface area contributed by atoms with E-state index in [-0.39, 0.29) is 13.2 Å². The van der Waals surface area contributed by atoms with Gasteiger partial charge >= 0.3 is 16.4 Å². The van der Waals surface area contributed by atoms with E-state index in [0.29, 0.717) is 6.61 Å². The Hall–Kier alpha value is -0.900. The molecule has 0 saturated carbocycles. The van der Waals surface area contributed by atoms with Crippen LogP contribution >= 0.6 is 0 Å². The summed E-state index contributed by atoms with van der Waals surface area (Å²) < 4.78 is 57.1. The maximum absolute atomic E-state index is 11.5. The standard InChI is InChI=1S/C27H52O12S/c1-3-4-5-6-7-8-9-10-11-12-13-14-15-16-17-35-19-22(37-21(2)29)20-36-27-25(31)26(39-40(32,33)34)24(30)23(18-28)38-27/h22-28,30-31H,3-20H2,1-2H3,(H,32,33,34). The number of esters is 1. The summed E-state index contributed by atoms with van der Waals surface area (Å²) in [6.45, 7) is 2.94. The third-order valence-electron chi connectivity index (χ3n) is 6.78. The third-order valence-corrected chi connectivity index (χ3v) is 7.24. The van der Waals surface area contributed by atoms with Gasteiger partial charge in [-0.3, -0.25) is 9.35 Å². The second kappa shape index (κ2) is 21.8. The van der Waals surface area contributed by atoms with Crippen molar-refractivity contribution in [2.45, 2.75) is 141 Å². The molecule has 0 spiro atoms.